The normalized spacial score (nSPS) is 32.1. The Hall–Kier alpha value is -0.280. The van der Waals surface area contributed by atoms with Crippen LogP contribution in [-0.2, 0) is 4.79 Å². The number of carboxylic acids is 1. The van der Waals surface area contributed by atoms with Crippen LogP contribution in [0.4, 0.5) is 0 Å². The van der Waals surface area contributed by atoms with Crippen LogP contribution in [0.5, 0.6) is 0 Å². The van der Waals surface area contributed by atoms with E-state index in [0.717, 1.165) is 12.8 Å². The van der Waals surface area contributed by atoms with Crippen LogP contribution >= 0.6 is 12.4 Å². The Balaban J connectivity index is 0.000000640. The minimum Gasteiger partial charge on any atom is -0.481 e. The summed E-state index contributed by atoms with van der Waals surface area (Å²) in [5.41, 5.74) is 5.34. The first-order valence-electron chi connectivity index (χ1n) is 2.70. The molecule has 0 spiro atoms. The molecule has 0 amide bonds. The molecule has 0 aromatic rings. The van der Waals surface area contributed by atoms with Gasteiger partial charge in [0.15, 0.2) is 0 Å². The molecule has 4 heteroatoms. The molecule has 9 heavy (non-hydrogen) atoms. The molecule has 0 heterocycles. The van der Waals surface area contributed by atoms with Crippen LogP contribution in [0, 0.1) is 5.92 Å². The van der Waals surface area contributed by atoms with Gasteiger partial charge >= 0.3 is 5.97 Å². The van der Waals surface area contributed by atoms with Crippen LogP contribution in [0.15, 0.2) is 0 Å². The minimum atomic E-state index is -0.747. The fourth-order valence-electron chi connectivity index (χ4n) is 0.832. The van der Waals surface area contributed by atoms with E-state index in [1.54, 1.807) is 0 Å². The molecule has 0 aromatic carbocycles. The molecule has 0 radical (unpaired) electrons. The zero-order valence-corrected chi connectivity index (χ0v) is 5.73. The minimum absolute atomic E-state index is 0. The van der Waals surface area contributed by atoms with Crippen LogP contribution in [0.2, 0.25) is 0 Å². The lowest BCUT2D eigenvalue weighted by Gasteiger charge is -2.29. The van der Waals surface area contributed by atoms with E-state index in [2.05, 4.69) is 0 Å². The fourth-order valence-corrected chi connectivity index (χ4v) is 0.832. The first-order valence-corrected chi connectivity index (χ1v) is 2.70. The van der Waals surface area contributed by atoms with Gasteiger partial charge in [0.05, 0.1) is 5.92 Å². The molecule has 1 aliphatic rings. The molecule has 1 fully saturated rings. The van der Waals surface area contributed by atoms with Crippen molar-refractivity contribution in [3.63, 3.8) is 0 Å². The second kappa shape index (κ2) is 3.03. The number of rotatable bonds is 1. The lowest BCUT2D eigenvalue weighted by molar-refractivity contribution is -0.145. The van der Waals surface area contributed by atoms with Crippen molar-refractivity contribution in [3.05, 3.63) is 0 Å². The van der Waals surface area contributed by atoms with Crippen molar-refractivity contribution in [1.29, 1.82) is 0 Å². The van der Waals surface area contributed by atoms with Crippen molar-refractivity contribution < 1.29 is 9.90 Å². The largest absolute Gasteiger partial charge is 0.481 e. The Bertz CT molecular complexity index is 118. The predicted octanol–water partition coefficient (Wildman–Crippen LogP) is 0.230. The summed E-state index contributed by atoms with van der Waals surface area (Å²) in [5.74, 6) is -1.00. The van der Waals surface area contributed by atoms with Crippen LogP contribution in [0.1, 0.15) is 12.8 Å². The quantitative estimate of drug-likeness (QED) is 0.564. The van der Waals surface area contributed by atoms with Gasteiger partial charge in [-0.1, -0.05) is 0 Å². The van der Waals surface area contributed by atoms with Crippen LogP contribution in [-0.4, -0.2) is 17.1 Å². The Morgan fingerprint density at radius 1 is 1.56 bits per heavy atom. The van der Waals surface area contributed by atoms with Gasteiger partial charge in [0.2, 0.25) is 0 Å². The first kappa shape index (κ1) is 8.72. The van der Waals surface area contributed by atoms with Crippen molar-refractivity contribution in [2.45, 2.75) is 18.9 Å². The molecule has 3 nitrogen and oxygen atoms in total. The van der Waals surface area contributed by atoms with Gasteiger partial charge in [-0.05, 0) is 12.8 Å². The fraction of sp³-hybridized carbons (Fsp3) is 0.800. The Kier molecular flexibility index (Phi) is 2.94. The van der Waals surface area contributed by atoms with E-state index >= 15 is 0 Å². The van der Waals surface area contributed by atoms with Crippen molar-refractivity contribution in [2.75, 3.05) is 0 Å². The van der Waals surface area contributed by atoms with E-state index in [1.807, 2.05) is 0 Å². The molecule has 2 unspecified atom stereocenters. The highest BCUT2D eigenvalue weighted by molar-refractivity contribution is 5.85. The molecule has 1 aliphatic carbocycles. The van der Waals surface area contributed by atoms with Gasteiger partial charge in [0.1, 0.15) is 0 Å². The van der Waals surface area contributed by atoms with E-state index in [-0.39, 0.29) is 24.4 Å². The molecular weight excluding hydrogens is 142 g/mol. The number of hydrogen-bond acceptors (Lipinski definition) is 2. The summed E-state index contributed by atoms with van der Waals surface area (Å²) in [7, 11) is 0. The summed E-state index contributed by atoms with van der Waals surface area (Å²) in [5, 5.41) is 8.32. The van der Waals surface area contributed by atoms with Crippen molar-refractivity contribution in [1.82, 2.24) is 0 Å². The Labute approximate surface area is 59.6 Å². The lowest BCUT2D eigenvalue weighted by atomic mass is 9.80. The van der Waals surface area contributed by atoms with Gasteiger partial charge in [-0.3, -0.25) is 4.79 Å². The van der Waals surface area contributed by atoms with Crippen LogP contribution < -0.4 is 5.73 Å². The molecule has 0 bridgehead atoms. The molecule has 0 aromatic heterocycles. The maximum absolute atomic E-state index is 10.1. The van der Waals surface area contributed by atoms with Gasteiger partial charge < -0.3 is 10.8 Å². The summed E-state index contributed by atoms with van der Waals surface area (Å²) in [6.07, 6.45) is 1.63. The van der Waals surface area contributed by atoms with Gasteiger partial charge in [-0.2, -0.15) is 0 Å². The molecular formula is C5H10ClNO2. The third kappa shape index (κ3) is 1.56. The van der Waals surface area contributed by atoms with Gasteiger partial charge in [0.25, 0.3) is 0 Å². The second-order valence-electron chi connectivity index (χ2n) is 2.19. The molecule has 54 valence electrons. The smallest absolute Gasteiger partial charge is 0.308 e. The number of halogens is 1. The number of carboxylic acid groups (broad SMARTS) is 1. The number of hydrogen-bond donors (Lipinski definition) is 2. The molecule has 1 rings (SSSR count). The second-order valence-corrected chi connectivity index (χ2v) is 2.19. The summed E-state index contributed by atoms with van der Waals surface area (Å²) < 4.78 is 0. The molecule has 2 atom stereocenters. The highest BCUT2D eigenvalue weighted by Crippen LogP contribution is 2.24. The van der Waals surface area contributed by atoms with Crippen LogP contribution in [0.25, 0.3) is 0 Å². The van der Waals surface area contributed by atoms with Gasteiger partial charge in [-0.25, -0.2) is 0 Å². The molecule has 0 aliphatic heterocycles. The third-order valence-corrected chi connectivity index (χ3v) is 1.65. The van der Waals surface area contributed by atoms with Crippen molar-refractivity contribution in [3.8, 4) is 0 Å². The predicted molar refractivity (Wildman–Crippen MR) is 35.6 cm³/mol. The zero-order valence-electron chi connectivity index (χ0n) is 4.91. The highest BCUT2D eigenvalue weighted by atomic mass is 35.5. The van der Waals surface area contributed by atoms with E-state index in [1.165, 1.54) is 0 Å². The Morgan fingerprint density at radius 2 is 2.11 bits per heavy atom. The van der Waals surface area contributed by atoms with E-state index in [9.17, 15) is 4.79 Å². The van der Waals surface area contributed by atoms with Crippen LogP contribution in [0.3, 0.4) is 0 Å². The Morgan fingerprint density at radius 3 is 2.11 bits per heavy atom. The average Bonchev–Trinajstić information content (AvgIpc) is 1.61. The number of aliphatic carboxylic acids is 1. The number of carbonyl (C=O) groups is 1. The maximum atomic E-state index is 10.1. The first-order chi connectivity index (χ1) is 3.72. The number of nitrogens with two attached hydrogens (primary N) is 1. The van der Waals surface area contributed by atoms with Gasteiger partial charge in [-0.15, -0.1) is 12.4 Å². The standard InChI is InChI=1S/C5H9NO2.ClH/c6-4-2-1-3(4)5(7)8;/h3-4H,1-2,6H2,(H,7,8);1H. The summed E-state index contributed by atoms with van der Waals surface area (Å²) in [6.45, 7) is 0. The molecule has 3 N–H and O–H groups in total. The molecule has 0 saturated heterocycles. The maximum Gasteiger partial charge on any atom is 0.308 e. The highest BCUT2D eigenvalue weighted by Gasteiger charge is 2.33. The molecule has 1 saturated carbocycles. The topological polar surface area (TPSA) is 63.3 Å². The summed E-state index contributed by atoms with van der Waals surface area (Å²) >= 11 is 0. The SMILES string of the molecule is Cl.NC1CCC1C(=O)O. The average molecular weight is 152 g/mol. The van der Waals surface area contributed by atoms with E-state index < -0.39 is 5.97 Å². The monoisotopic (exact) mass is 151 g/mol. The van der Waals surface area contributed by atoms with Gasteiger partial charge in [0, 0.05) is 6.04 Å². The van der Waals surface area contributed by atoms with E-state index in [4.69, 9.17) is 10.8 Å². The third-order valence-electron chi connectivity index (χ3n) is 1.65. The van der Waals surface area contributed by atoms with Crippen molar-refractivity contribution in [2.24, 2.45) is 11.7 Å². The summed E-state index contributed by atoms with van der Waals surface area (Å²) in [4.78, 5) is 10.1. The van der Waals surface area contributed by atoms with Crippen molar-refractivity contribution >= 4 is 18.4 Å². The lowest BCUT2D eigenvalue weighted by Crippen LogP contribution is -2.43. The van der Waals surface area contributed by atoms with E-state index in [0.29, 0.717) is 0 Å². The summed E-state index contributed by atoms with van der Waals surface area (Å²) in [6, 6.07) is -0.0764. The zero-order chi connectivity index (χ0) is 6.15.